The maximum atomic E-state index is 12.5. The predicted octanol–water partition coefficient (Wildman–Crippen LogP) is 3.98. The highest BCUT2D eigenvalue weighted by molar-refractivity contribution is 14.1. The lowest BCUT2D eigenvalue weighted by Crippen LogP contribution is -2.39. The van der Waals surface area contributed by atoms with E-state index in [1.54, 1.807) is 6.92 Å². The topological polar surface area (TPSA) is 58.2 Å². The Hall–Kier alpha value is -1.54. The van der Waals surface area contributed by atoms with Crippen LogP contribution in [0.3, 0.4) is 0 Å². The molecule has 1 heterocycles. The molecule has 0 aromatic heterocycles. The monoisotopic (exact) mass is 438 g/mol. The Morgan fingerprint density at radius 2 is 2.04 bits per heavy atom. The molecular formula is C17H15IN2O2S. The molecule has 0 spiro atoms. The largest absolute Gasteiger partial charge is 0.326 e. The van der Waals surface area contributed by atoms with Crippen LogP contribution >= 0.6 is 34.4 Å². The fourth-order valence-electron chi connectivity index (χ4n) is 2.36. The van der Waals surface area contributed by atoms with E-state index in [1.165, 1.54) is 11.8 Å². The third-order valence-corrected chi connectivity index (χ3v) is 5.77. The molecule has 0 saturated carbocycles. The second kappa shape index (κ2) is 6.92. The first-order chi connectivity index (χ1) is 11.0. The van der Waals surface area contributed by atoms with Crippen molar-refractivity contribution in [3.8, 4) is 0 Å². The molecular weight excluding hydrogens is 423 g/mol. The van der Waals surface area contributed by atoms with E-state index in [0.29, 0.717) is 0 Å². The van der Waals surface area contributed by atoms with Gasteiger partial charge in [-0.15, -0.1) is 11.8 Å². The lowest BCUT2D eigenvalue weighted by molar-refractivity contribution is -0.123. The van der Waals surface area contributed by atoms with E-state index >= 15 is 0 Å². The molecule has 0 bridgehead atoms. The fraction of sp³-hybridized carbons (Fsp3) is 0.176. The van der Waals surface area contributed by atoms with Gasteiger partial charge >= 0.3 is 0 Å². The van der Waals surface area contributed by atoms with Crippen molar-refractivity contribution in [2.24, 2.45) is 5.92 Å². The van der Waals surface area contributed by atoms with Gasteiger partial charge in [0.05, 0.1) is 16.9 Å². The SMILES string of the molecule is CC(C(=O)Nc1cccc(I)c1)C1Sc2ccccc2NC1=O. The summed E-state index contributed by atoms with van der Waals surface area (Å²) in [5, 5.41) is 5.33. The Labute approximate surface area is 152 Å². The van der Waals surface area contributed by atoms with E-state index in [9.17, 15) is 9.59 Å². The lowest BCUT2D eigenvalue weighted by atomic mass is 10.1. The van der Waals surface area contributed by atoms with Gasteiger partial charge in [-0.1, -0.05) is 25.1 Å². The Kier molecular flexibility index (Phi) is 4.91. The van der Waals surface area contributed by atoms with Crippen molar-refractivity contribution >= 4 is 57.5 Å². The average molecular weight is 438 g/mol. The summed E-state index contributed by atoms with van der Waals surface area (Å²) in [6.07, 6.45) is 0. The number of carbonyl (C=O) groups is 2. The zero-order chi connectivity index (χ0) is 16.4. The van der Waals surface area contributed by atoms with E-state index in [1.807, 2.05) is 48.5 Å². The van der Waals surface area contributed by atoms with Crippen LogP contribution in [-0.2, 0) is 9.59 Å². The molecule has 118 valence electrons. The number of benzene rings is 2. The number of amides is 2. The molecule has 2 unspecified atom stereocenters. The second-order valence-corrected chi connectivity index (χ2v) is 7.74. The molecule has 2 amide bonds. The van der Waals surface area contributed by atoms with Crippen LogP contribution in [0.1, 0.15) is 6.92 Å². The van der Waals surface area contributed by atoms with Gasteiger partial charge in [-0.2, -0.15) is 0 Å². The summed E-state index contributed by atoms with van der Waals surface area (Å²) in [7, 11) is 0. The molecule has 2 N–H and O–H groups in total. The van der Waals surface area contributed by atoms with E-state index in [-0.39, 0.29) is 11.8 Å². The van der Waals surface area contributed by atoms with Crippen LogP contribution in [0.4, 0.5) is 11.4 Å². The van der Waals surface area contributed by atoms with Crippen molar-refractivity contribution in [1.82, 2.24) is 0 Å². The number of hydrogen-bond acceptors (Lipinski definition) is 3. The quantitative estimate of drug-likeness (QED) is 0.713. The molecule has 3 rings (SSSR count). The van der Waals surface area contributed by atoms with Gasteiger partial charge in [0.15, 0.2) is 0 Å². The van der Waals surface area contributed by atoms with Crippen LogP contribution in [0.2, 0.25) is 0 Å². The average Bonchev–Trinajstić information content (AvgIpc) is 2.53. The minimum atomic E-state index is -0.439. The minimum absolute atomic E-state index is 0.126. The third-order valence-electron chi connectivity index (χ3n) is 3.62. The number of hydrogen-bond donors (Lipinski definition) is 2. The number of nitrogens with one attached hydrogen (secondary N) is 2. The van der Waals surface area contributed by atoms with Crippen molar-refractivity contribution in [1.29, 1.82) is 0 Å². The normalized spacial score (nSPS) is 17.8. The number of fused-ring (bicyclic) bond motifs is 1. The Bertz CT molecular complexity index is 766. The molecule has 2 atom stereocenters. The predicted molar refractivity (Wildman–Crippen MR) is 102 cm³/mol. The zero-order valence-corrected chi connectivity index (χ0v) is 15.4. The molecule has 0 saturated heterocycles. The van der Waals surface area contributed by atoms with Crippen molar-refractivity contribution in [2.45, 2.75) is 17.1 Å². The molecule has 6 heteroatoms. The number of rotatable bonds is 3. The van der Waals surface area contributed by atoms with Gasteiger partial charge in [0.25, 0.3) is 0 Å². The van der Waals surface area contributed by atoms with Gasteiger partial charge in [-0.05, 0) is 52.9 Å². The summed E-state index contributed by atoms with van der Waals surface area (Å²) < 4.78 is 1.05. The highest BCUT2D eigenvalue weighted by Crippen LogP contribution is 2.38. The van der Waals surface area contributed by atoms with Crippen molar-refractivity contribution in [3.63, 3.8) is 0 Å². The summed E-state index contributed by atoms with van der Waals surface area (Å²) in [5.74, 6) is -0.718. The summed E-state index contributed by atoms with van der Waals surface area (Å²) in [6.45, 7) is 1.79. The van der Waals surface area contributed by atoms with Gasteiger partial charge in [0.1, 0.15) is 0 Å². The lowest BCUT2D eigenvalue weighted by Gasteiger charge is -2.27. The van der Waals surface area contributed by atoms with E-state index in [2.05, 4.69) is 33.2 Å². The summed E-state index contributed by atoms with van der Waals surface area (Å²) >= 11 is 3.64. The maximum Gasteiger partial charge on any atom is 0.238 e. The smallest absolute Gasteiger partial charge is 0.238 e. The van der Waals surface area contributed by atoms with E-state index < -0.39 is 11.2 Å². The number of para-hydroxylation sites is 1. The summed E-state index contributed by atoms with van der Waals surface area (Å²) in [6, 6.07) is 15.2. The summed E-state index contributed by atoms with van der Waals surface area (Å²) in [4.78, 5) is 25.8. The molecule has 1 aliphatic heterocycles. The maximum absolute atomic E-state index is 12.5. The van der Waals surface area contributed by atoms with Crippen LogP contribution < -0.4 is 10.6 Å². The first kappa shape index (κ1) is 16.3. The third kappa shape index (κ3) is 3.69. The summed E-state index contributed by atoms with van der Waals surface area (Å²) in [5.41, 5.74) is 1.55. The van der Waals surface area contributed by atoms with Crippen molar-refractivity contribution in [2.75, 3.05) is 10.6 Å². The van der Waals surface area contributed by atoms with Gasteiger partial charge in [-0.3, -0.25) is 9.59 Å². The fourth-order valence-corrected chi connectivity index (χ4v) is 4.07. The number of carbonyl (C=O) groups excluding carboxylic acids is 2. The van der Waals surface area contributed by atoms with E-state index in [4.69, 9.17) is 0 Å². The van der Waals surface area contributed by atoms with Crippen molar-refractivity contribution in [3.05, 3.63) is 52.1 Å². The van der Waals surface area contributed by atoms with Crippen molar-refractivity contribution < 1.29 is 9.59 Å². The second-order valence-electron chi connectivity index (χ2n) is 5.31. The van der Waals surface area contributed by atoms with Crippen LogP contribution in [0.25, 0.3) is 0 Å². The molecule has 2 aromatic rings. The number of anilines is 2. The molecule has 4 nitrogen and oxygen atoms in total. The highest BCUT2D eigenvalue weighted by atomic mass is 127. The molecule has 1 aliphatic rings. The Balaban J connectivity index is 1.74. The van der Waals surface area contributed by atoms with Gasteiger partial charge in [0.2, 0.25) is 11.8 Å². The number of thioether (sulfide) groups is 1. The Morgan fingerprint density at radius 3 is 2.83 bits per heavy atom. The van der Waals surface area contributed by atoms with Crippen LogP contribution in [0.5, 0.6) is 0 Å². The highest BCUT2D eigenvalue weighted by Gasteiger charge is 2.35. The standard InChI is InChI=1S/C17H15IN2O2S/c1-10(16(21)19-12-6-4-5-11(18)9-12)15-17(22)20-13-7-2-3-8-14(13)23-15/h2-10,15H,1H3,(H,19,21)(H,20,22). The Morgan fingerprint density at radius 1 is 1.26 bits per heavy atom. The minimum Gasteiger partial charge on any atom is -0.326 e. The first-order valence-electron chi connectivity index (χ1n) is 7.17. The molecule has 23 heavy (non-hydrogen) atoms. The van der Waals surface area contributed by atoms with Crippen LogP contribution in [0, 0.1) is 9.49 Å². The van der Waals surface area contributed by atoms with Crippen LogP contribution in [0.15, 0.2) is 53.4 Å². The zero-order valence-electron chi connectivity index (χ0n) is 12.4. The van der Waals surface area contributed by atoms with Gasteiger partial charge < -0.3 is 10.6 Å². The molecule has 0 radical (unpaired) electrons. The first-order valence-corrected chi connectivity index (χ1v) is 9.13. The molecule has 0 aliphatic carbocycles. The van der Waals surface area contributed by atoms with Gasteiger partial charge in [-0.25, -0.2) is 0 Å². The van der Waals surface area contributed by atoms with E-state index in [0.717, 1.165) is 19.8 Å². The van der Waals surface area contributed by atoms with Gasteiger partial charge in [0, 0.05) is 14.2 Å². The molecule has 0 fully saturated rings. The number of halogens is 1. The van der Waals surface area contributed by atoms with Crippen LogP contribution in [-0.4, -0.2) is 17.1 Å². The molecule has 2 aromatic carbocycles.